The molecule has 0 saturated heterocycles. The van der Waals surface area contributed by atoms with Gasteiger partial charge in [0, 0.05) is 12.2 Å². The van der Waals surface area contributed by atoms with E-state index in [-0.39, 0.29) is 5.91 Å². The number of benzene rings is 2. The summed E-state index contributed by atoms with van der Waals surface area (Å²) in [6, 6.07) is 22.0. The number of carbonyl (C=O) groups excluding carboxylic acids is 1. The lowest BCUT2D eigenvalue weighted by Crippen LogP contribution is -2.36. The highest BCUT2D eigenvalue weighted by atomic mass is 16.3. The number of nitrogens with zero attached hydrogens (tertiary/aromatic N) is 1. The Morgan fingerprint density at radius 3 is 2.60 bits per heavy atom. The van der Waals surface area contributed by atoms with Gasteiger partial charge in [-0.15, -0.1) is 0 Å². The van der Waals surface area contributed by atoms with Gasteiger partial charge in [-0.05, 0) is 42.3 Å². The summed E-state index contributed by atoms with van der Waals surface area (Å²) in [5.41, 5.74) is 3.38. The van der Waals surface area contributed by atoms with Crippen LogP contribution in [0.5, 0.6) is 0 Å². The Kier molecular flexibility index (Phi) is 5.52. The maximum atomic E-state index is 12.4. The number of aryl methyl sites for hydroxylation is 1. The zero-order valence-electron chi connectivity index (χ0n) is 14.3. The molecular weight excluding hydrogens is 312 g/mol. The Hall–Kier alpha value is -3.01. The molecule has 0 bridgehead atoms. The largest absolute Gasteiger partial charge is 0.467 e. The summed E-state index contributed by atoms with van der Waals surface area (Å²) in [6.45, 7) is 3.43. The molecule has 1 heterocycles. The summed E-state index contributed by atoms with van der Waals surface area (Å²) in [4.78, 5) is 14.5. The number of hydrogen-bond acceptors (Lipinski definition) is 3. The van der Waals surface area contributed by atoms with Gasteiger partial charge in [-0.2, -0.15) is 0 Å². The minimum atomic E-state index is -0.0335. The molecule has 3 aromatic rings. The highest BCUT2D eigenvalue weighted by Gasteiger charge is 2.13. The van der Waals surface area contributed by atoms with Crippen molar-refractivity contribution in [2.24, 2.45) is 0 Å². The van der Waals surface area contributed by atoms with Gasteiger partial charge in [0.2, 0.25) is 5.91 Å². The van der Waals surface area contributed by atoms with Gasteiger partial charge in [0.1, 0.15) is 5.76 Å². The normalized spacial score (nSPS) is 10.4. The molecule has 128 valence electrons. The Labute approximate surface area is 148 Å². The zero-order chi connectivity index (χ0) is 17.5. The van der Waals surface area contributed by atoms with Crippen molar-refractivity contribution < 1.29 is 9.21 Å². The van der Waals surface area contributed by atoms with Crippen molar-refractivity contribution in [3.63, 3.8) is 0 Å². The molecule has 0 atom stereocenters. The topological polar surface area (TPSA) is 45.5 Å². The molecule has 4 heteroatoms. The van der Waals surface area contributed by atoms with E-state index in [0.29, 0.717) is 19.6 Å². The fourth-order valence-corrected chi connectivity index (χ4v) is 2.70. The van der Waals surface area contributed by atoms with Crippen LogP contribution in [0.15, 0.2) is 77.4 Å². The van der Waals surface area contributed by atoms with E-state index in [4.69, 9.17) is 4.42 Å². The van der Waals surface area contributed by atoms with Crippen molar-refractivity contribution in [3.05, 3.63) is 89.9 Å². The third-order valence-corrected chi connectivity index (χ3v) is 3.96. The highest BCUT2D eigenvalue weighted by molar-refractivity contribution is 5.81. The van der Waals surface area contributed by atoms with Crippen LogP contribution >= 0.6 is 0 Å². The van der Waals surface area contributed by atoms with E-state index >= 15 is 0 Å². The molecule has 1 aromatic heterocycles. The Morgan fingerprint density at radius 2 is 1.88 bits per heavy atom. The van der Waals surface area contributed by atoms with Gasteiger partial charge in [0.25, 0.3) is 0 Å². The Bertz CT molecular complexity index is 798. The van der Waals surface area contributed by atoms with Crippen LogP contribution in [-0.2, 0) is 17.9 Å². The number of amides is 1. The summed E-state index contributed by atoms with van der Waals surface area (Å²) in [7, 11) is 0. The Morgan fingerprint density at radius 1 is 1.04 bits per heavy atom. The number of rotatable bonds is 7. The summed E-state index contributed by atoms with van der Waals surface area (Å²) < 4.78 is 5.26. The molecule has 4 nitrogen and oxygen atoms in total. The van der Waals surface area contributed by atoms with Gasteiger partial charge in [-0.3, -0.25) is 4.79 Å². The van der Waals surface area contributed by atoms with Crippen LogP contribution in [-0.4, -0.2) is 12.5 Å². The number of furan rings is 1. The van der Waals surface area contributed by atoms with E-state index in [9.17, 15) is 4.79 Å². The van der Waals surface area contributed by atoms with Crippen molar-refractivity contribution in [1.29, 1.82) is 0 Å². The minimum Gasteiger partial charge on any atom is -0.467 e. The second-order valence-electron chi connectivity index (χ2n) is 6.04. The predicted molar refractivity (Wildman–Crippen MR) is 99.2 cm³/mol. The quantitative estimate of drug-likeness (QED) is 0.712. The first kappa shape index (κ1) is 16.8. The highest BCUT2D eigenvalue weighted by Crippen LogP contribution is 2.18. The first-order valence-corrected chi connectivity index (χ1v) is 8.35. The molecule has 0 unspecified atom stereocenters. The van der Waals surface area contributed by atoms with Crippen LogP contribution in [0.3, 0.4) is 0 Å². The third-order valence-electron chi connectivity index (χ3n) is 3.96. The summed E-state index contributed by atoms with van der Waals surface area (Å²) in [5, 5.41) is 2.91. The molecule has 0 spiro atoms. The molecule has 0 saturated carbocycles. The molecular formula is C21H22N2O2. The van der Waals surface area contributed by atoms with Gasteiger partial charge in [-0.25, -0.2) is 0 Å². The molecule has 1 N–H and O–H groups in total. The number of hydrogen-bond donors (Lipinski definition) is 1. The van der Waals surface area contributed by atoms with Crippen LogP contribution in [0.2, 0.25) is 0 Å². The molecule has 2 aromatic carbocycles. The van der Waals surface area contributed by atoms with E-state index in [1.165, 1.54) is 11.1 Å². The predicted octanol–water partition coefficient (Wildman–Crippen LogP) is 3.91. The van der Waals surface area contributed by atoms with Crippen molar-refractivity contribution in [1.82, 2.24) is 5.32 Å². The SMILES string of the molecule is Cc1cccc(N(CC(=O)NCc2ccco2)Cc2ccccc2)c1. The number of carbonyl (C=O) groups is 1. The van der Waals surface area contributed by atoms with E-state index in [1.54, 1.807) is 6.26 Å². The van der Waals surface area contributed by atoms with Gasteiger partial charge in [-0.1, -0.05) is 42.5 Å². The number of anilines is 1. The lowest BCUT2D eigenvalue weighted by molar-refractivity contribution is -0.120. The van der Waals surface area contributed by atoms with Gasteiger partial charge < -0.3 is 14.6 Å². The summed E-state index contributed by atoms with van der Waals surface area (Å²) >= 11 is 0. The van der Waals surface area contributed by atoms with Crippen LogP contribution in [0.1, 0.15) is 16.9 Å². The first-order chi connectivity index (χ1) is 12.2. The van der Waals surface area contributed by atoms with Crippen molar-refractivity contribution in [2.75, 3.05) is 11.4 Å². The lowest BCUT2D eigenvalue weighted by Gasteiger charge is -2.25. The monoisotopic (exact) mass is 334 g/mol. The molecule has 0 fully saturated rings. The maximum absolute atomic E-state index is 12.4. The zero-order valence-corrected chi connectivity index (χ0v) is 14.3. The van der Waals surface area contributed by atoms with E-state index in [1.807, 2.05) is 42.5 Å². The van der Waals surface area contributed by atoms with Crippen molar-refractivity contribution in [2.45, 2.75) is 20.0 Å². The third kappa shape index (κ3) is 4.98. The molecule has 3 rings (SSSR count). The molecule has 0 radical (unpaired) electrons. The van der Waals surface area contributed by atoms with Crippen LogP contribution < -0.4 is 10.2 Å². The molecule has 0 aliphatic carbocycles. The van der Waals surface area contributed by atoms with E-state index < -0.39 is 0 Å². The van der Waals surface area contributed by atoms with Gasteiger partial charge in [0.15, 0.2) is 0 Å². The average molecular weight is 334 g/mol. The Balaban J connectivity index is 1.70. The van der Waals surface area contributed by atoms with Gasteiger partial charge in [0.05, 0.1) is 19.4 Å². The second-order valence-corrected chi connectivity index (χ2v) is 6.04. The standard InChI is InChI=1S/C21H22N2O2/c1-17-7-5-10-19(13-17)23(15-18-8-3-2-4-9-18)16-21(24)22-14-20-11-6-12-25-20/h2-13H,14-16H2,1H3,(H,22,24). The summed E-state index contributed by atoms with van der Waals surface area (Å²) in [5.74, 6) is 0.715. The molecule has 0 aliphatic rings. The minimum absolute atomic E-state index is 0.0335. The molecule has 25 heavy (non-hydrogen) atoms. The van der Waals surface area contributed by atoms with E-state index in [0.717, 1.165) is 11.4 Å². The lowest BCUT2D eigenvalue weighted by atomic mass is 10.1. The van der Waals surface area contributed by atoms with E-state index in [2.05, 4.69) is 41.4 Å². The fraction of sp³-hybridized carbons (Fsp3) is 0.190. The first-order valence-electron chi connectivity index (χ1n) is 8.35. The van der Waals surface area contributed by atoms with Crippen molar-refractivity contribution >= 4 is 11.6 Å². The smallest absolute Gasteiger partial charge is 0.239 e. The summed E-state index contributed by atoms with van der Waals surface area (Å²) in [6.07, 6.45) is 1.61. The van der Waals surface area contributed by atoms with Crippen LogP contribution in [0.4, 0.5) is 5.69 Å². The second kappa shape index (κ2) is 8.20. The number of nitrogens with one attached hydrogen (secondary N) is 1. The maximum Gasteiger partial charge on any atom is 0.239 e. The van der Waals surface area contributed by atoms with Gasteiger partial charge >= 0.3 is 0 Å². The van der Waals surface area contributed by atoms with Crippen molar-refractivity contribution in [3.8, 4) is 0 Å². The van der Waals surface area contributed by atoms with Crippen LogP contribution in [0.25, 0.3) is 0 Å². The van der Waals surface area contributed by atoms with Crippen LogP contribution in [0, 0.1) is 6.92 Å². The molecule has 0 aliphatic heterocycles. The average Bonchev–Trinajstić information content (AvgIpc) is 3.14. The fourth-order valence-electron chi connectivity index (χ4n) is 2.70. The molecule has 1 amide bonds.